The van der Waals surface area contributed by atoms with Gasteiger partial charge in [-0.05, 0) is 32.9 Å². The van der Waals surface area contributed by atoms with Gasteiger partial charge in [0.05, 0.1) is 29.2 Å². The van der Waals surface area contributed by atoms with Crippen LogP contribution in [0.4, 0.5) is 11.4 Å². The van der Waals surface area contributed by atoms with Gasteiger partial charge in [0.15, 0.2) is 6.10 Å². The molecule has 2 aromatic rings. The second kappa shape index (κ2) is 8.48. The first-order valence-corrected chi connectivity index (χ1v) is 8.31. The van der Waals surface area contributed by atoms with Gasteiger partial charge >= 0.3 is 5.97 Å². The summed E-state index contributed by atoms with van der Waals surface area (Å²) in [6.45, 7) is 5.39. The van der Waals surface area contributed by atoms with E-state index in [4.69, 9.17) is 9.84 Å². The Balaban J connectivity index is 2.06. The molecule has 0 saturated carbocycles. The van der Waals surface area contributed by atoms with Gasteiger partial charge in [-0.3, -0.25) is 9.48 Å². The molecule has 0 fully saturated rings. The van der Waals surface area contributed by atoms with Crippen molar-refractivity contribution in [2.45, 2.75) is 26.9 Å². The number of aliphatic hydroxyl groups is 1. The van der Waals surface area contributed by atoms with Crippen LogP contribution in [0, 0.1) is 13.8 Å². The van der Waals surface area contributed by atoms with E-state index in [1.165, 1.54) is 6.92 Å². The highest BCUT2D eigenvalue weighted by molar-refractivity contribution is 6.00. The van der Waals surface area contributed by atoms with Gasteiger partial charge in [-0.15, -0.1) is 0 Å². The van der Waals surface area contributed by atoms with Crippen LogP contribution >= 0.6 is 0 Å². The third-order valence-corrected chi connectivity index (χ3v) is 3.98. The number of aryl methyl sites for hydroxylation is 2. The first-order chi connectivity index (χ1) is 12.3. The number of aliphatic hydroxyl groups excluding tert-OH is 1. The van der Waals surface area contributed by atoms with Crippen LogP contribution in [-0.4, -0.2) is 46.0 Å². The molecule has 3 N–H and O–H groups in total. The summed E-state index contributed by atoms with van der Waals surface area (Å²) in [7, 11) is 1.79. The zero-order chi connectivity index (χ0) is 19.3. The highest BCUT2D eigenvalue weighted by Crippen LogP contribution is 2.20. The molecule has 1 amide bonds. The molecule has 140 valence electrons. The van der Waals surface area contributed by atoms with E-state index in [0.717, 1.165) is 5.69 Å². The molecule has 0 aliphatic rings. The molecule has 1 aromatic heterocycles. The van der Waals surface area contributed by atoms with Gasteiger partial charge in [0.2, 0.25) is 0 Å². The fourth-order valence-corrected chi connectivity index (χ4v) is 2.46. The van der Waals surface area contributed by atoms with Crippen molar-refractivity contribution in [1.29, 1.82) is 0 Å². The van der Waals surface area contributed by atoms with E-state index >= 15 is 0 Å². The number of amides is 1. The predicted octanol–water partition coefficient (Wildman–Crippen LogP) is 1.63. The number of carbonyl (C=O) groups is 2. The number of para-hydroxylation sites is 1. The van der Waals surface area contributed by atoms with Crippen LogP contribution < -0.4 is 10.6 Å². The number of aromatic nitrogens is 2. The molecule has 8 nitrogen and oxygen atoms in total. The van der Waals surface area contributed by atoms with Crippen LogP contribution in [0.15, 0.2) is 24.3 Å². The molecule has 0 aliphatic heterocycles. The van der Waals surface area contributed by atoms with E-state index in [2.05, 4.69) is 15.7 Å². The minimum Gasteiger partial charge on any atom is -0.449 e. The summed E-state index contributed by atoms with van der Waals surface area (Å²) in [5, 5.41) is 18.9. The first kappa shape index (κ1) is 19.5. The Morgan fingerprint density at radius 3 is 2.62 bits per heavy atom. The Kier molecular flexibility index (Phi) is 6.35. The monoisotopic (exact) mass is 360 g/mol. The van der Waals surface area contributed by atoms with E-state index in [0.29, 0.717) is 29.2 Å². The van der Waals surface area contributed by atoms with Crippen molar-refractivity contribution in [3.63, 3.8) is 0 Å². The highest BCUT2D eigenvalue weighted by Gasteiger charge is 2.22. The number of rotatable bonds is 7. The van der Waals surface area contributed by atoms with Crippen LogP contribution in [0.25, 0.3) is 0 Å². The number of nitrogens with zero attached hydrogens (tertiary/aromatic N) is 2. The van der Waals surface area contributed by atoms with Gasteiger partial charge in [0.25, 0.3) is 5.91 Å². The number of nitrogens with one attached hydrogen (secondary N) is 2. The van der Waals surface area contributed by atoms with Crippen LogP contribution in [-0.2, 0) is 16.6 Å². The molecule has 26 heavy (non-hydrogen) atoms. The smallest absolute Gasteiger partial charge is 0.341 e. The summed E-state index contributed by atoms with van der Waals surface area (Å²) in [5.74, 6) is -1.05. The molecule has 1 atom stereocenters. The summed E-state index contributed by atoms with van der Waals surface area (Å²) in [6, 6.07) is 6.77. The van der Waals surface area contributed by atoms with Crippen molar-refractivity contribution in [3.8, 4) is 0 Å². The average Bonchev–Trinajstić information content (AvgIpc) is 2.86. The number of hydrogen-bond acceptors (Lipinski definition) is 6. The quantitative estimate of drug-likeness (QED) is 0.648. The van der Waals surface area contributed by atoms with Gasteiger partial charge in [0, 0.05) is 19.3 Å². The fourth-order valence-electron chi connectivity index (χ4n) is 2.46. The van der Waals surface area contributed by atoms with Gasteiger partial charge < -0.3 is 20.5 Å². The summed E-state index contributed by atoms with van der Waals surface area (Å²) in [5.41, 5.74) is 2.96. The lowest BCUT2D eigenvalue weighted by molar-refractivity contribution is -0.123. The summed E-state index contributed by atoms with van der Waals surface area (Å²) in [6.07, 6.45) is -0.979. The first-order valence-electron chi connectivity index (χ1n) is 8.31. The SMILES string of the molecule is Cc1nn(C)c(C)c1NC(=O)[C@@H](C)OC(=O)c1ccccc1NCCO. The molecule has 0 unspecified atom stereocenters. The van der Waals surface area contributed by atoms with Crippen molar-refractivity contribution < 1.29 is 19.4 Å². The predicted molar refractivity (Wildman–Crippen MR) is 98.2 cm³/mol. The Morgan fingerprint density at radius 1 is 1.31 bits per heavy atom. The molecule has 2 rings (SSSR count). The van der Waals surface area contributed by atoms with Crippen LogP contribution in [0.1, 0.15) is 28.7 Å². The molecule has 0 spiro atoms. The Morgan fingerprint density at radius 2 is 2.00 bits per heavy atom. The summed E-state index contributed by atoms with van der Waals surface area (Å²) in [4.78, 5) is 24.8. The fraction of sp³-hybridized carbons (Fsp3) is 0.389. The van der Waals surface area contributed by atoms with E-state index in [-0.39, 0.29) is 6.61 Å². The van der Waals surface area contributed by atoms with E-state index in [9.17, 15) is 9.59 Å². The van der Waals surface area contributed by atoms with Crippen molar-refractivity contribution in [2.24, 2.45) is 7.05 Å². The number of esters is 1. The second-order valence-corrected chi connectivity index (χ2v) is 5.90. The molecular formula is C18H24N4O4. The minimum absolute atomic E-state index is 0.0635. The number of carbonyl (C=O) groups excluding carboxylic acids is 2. The van der Waals surface area contributed by atoms with E-state index in [1.54, 1.807) is 42.9 Å². The maximum absolute atomic E-state index is 12.4. The molecule has 1 aromatic carbocycles. The number of ether oxygens (including phenoxy) is 1. The van der Waals surface area contributed by atoms with Gasteiger partial charge in [-0.1, -0.05) is 12.1 Å². The summed E-state index contributed by atoms with van der Waals surface area (Å²) >= 11 is 0. The molecule has 0 saturated heterocycles. The molecule has 1 heterocycles. The lowest BCUT2D eigenvalue weighted by Crippen LogP contribution is -2.30. The second-order valence-electron chi connectivity index (χ2n) is 5.90. The van der Waals surface area contributed by atoms with Crippen LogP contribution in [0.3, 0.4) is 0 Å². The Bertz CT molecular complexity index is 800. The van der Waals surface area contributed by atoms with Gasteiger partial charge in [0.1, 0.15) is 0 Å². The zero-order valence-electron chi connectivity index (χ0n) is 15.4. The lowest BCUT2D eigenvalue weighted by atomic mass is 10.1. The Hall–Kier alpha value is -2.87. The maximum atomic E-state index is 12.4. The Labute approximate surface area is 152 Å². The highest BCUT2D eigenvalue weighted by atomic mass is 16.5. The molecule has 0 radical (unpaired) electrons. The molecule has 8 heteroatoms. The number of benzene rings is 1. The van der Waals surface area contributed by atoms with Gasteiger partial charge in [-0.25, -0.2) is 4.79 Å². The normalized spacial score (nSPS) is 11.7. The maximum Gasteiger partial charge on any atom is 0.341 e. The van der Waals surface area contributed by atoms with Gasteiger partial charge in [-0.2, -0.15) is 5.10 Å². The molecular weight excluding hydrogens is 336 g/mol. The minimum atomic E-state index is -0.979. The third-order valence-electron chi connectivity index (χ3n) is 3.98. The third kappa shape index (κ3) is 4.40. The van der Waals surface area contributed by atoms with Crippen molar-refractivity contribution in [2.75, 3.05) is 23.8 Å². The van der Waals surface area contributed by atoms with Crippen molar-refractivity contribution in [3.05, 3.63) is 41.2 Å². The molecule has 0 aliphatic carbocycles. The number of anilines is 2. The van der Waals surface area contributed by atoms with Crippen LogP contribution in [0.5, 0.6) is 0 Å². The molecule has 0 bridgehead atoms. The van der Waals surface area contributed by atoms with Crippen molar-refractivity contribution >= 4 is 23.3 Å². The topological polar surface area (TPSA) is 105 Å². The van der Waals surface area contributed by atoms with E-state index < -0.39 is 18.0 Å². The van der Waals surface area contributed by atoms with Crippen molar-refractivity contribution in [1.82, 2.24) is 9.78 Å². The van der Waals surface area contributed by atoms with Crippen LogP contribution in [0.2, 0.25) is 0 Å². The zero-order valence-corrected chi connectivity index (χ0v) is 15.4. The standard InChI is InChI=1S/C18H24N4O4/c1-11-16(12(2)22(4)21-11)20-17(24)13(3)26-18(25)14-7-5-6-8-15(14)19-9-10-23/h5-8,13,19,23H,9-10H2,1-4H3,(H,20,24)/t13-/m1/s1. The average molecular weight is 360 g/mol. The largest absolute Gasteiger partial charge is 0.449 e. The summed E-state index contributed by atoms with van der Waals surface area (Å²) < 4.78 is 6.97. The lowest BCUT2D eigenvalue weighted by Gasteiger charge is -2.15. The van der Waals surface area contributed by atoms with E-state index in [1.807, 2.05) is 6.92 Å². The number of hydrogen-bond donors (Lipinski definition) is 3.